The minimum absolute atomic E-state index is 0.124. The SMILES string of the molecule is CC(NC(=O)C(C)(C)C)C(Oc1ccc2c(cnn2-c2ccc(F)cc2)c1)c1cccc(F)c1. The van der Waals surface area contributed by atoms with E-state index in [1.165, 1.54) is 24.3 Å². The molecule has 0 aliphatic heterocycles. The fourth-order valence-electron chi connectivity index (χ4n) is 3.66. The quantitative estimate of drug-likeness (QED) is 0.383. The van der Waals surface area contributed by atoms with E-state index in [0.717, 1.165) is 16.6 Å². The lowest BCUT2D eigenvalue weighted by Gasteiger charge is -2.29. The molecule has 2 unspecified atom stereocenters. The lowest BCUT2D eigenvalue weighted by Crippen LogP contribution is -2.44. The molecule has 4 rings (SSSR count). The largest absolute Gasteiger partial charge is 0.484 e. The molecule has 0 radical (unpaired) electrons. The average Bonchev–Trinajstić information content (AvgIpc) is 3.20. The zero-order chi connectivity index (χ0) is 24.5. The lowest BCUT2D eigenvalue weighted by molar-refractivity contribution is -0.129. The van der Waals surface area contributed by atoms with Gasteiger partial charge in [-0.15, -0.1) is 0 Å². The van der Waals surface area contributed by atoms with Gasteiger partial charge in [0.25, 0.3) is 0 Å². The molecule has 176 valence electrons. The summed E-state index contributed by atoms with van der Waals surface area (Å²) in [4.78, 5) is 12.6. The van der Waals surface area contributed by atoms with E-state index in [2.05, 4.69) is 10.4 Å². The highest BCUT2D eigenvalue weighted by Crippen LogP contribution is 2.30. The molecule has 5 nitrogen and oxygen atoms in total. The molecule has 1 N–H and O–H groups in total. The Labute approximate surface area is 197 Å². The number of hydrogen-bond acceptors (Lipinski definition) is 3. The molecule has 1 amide bonds. The van der Waals surface area contributed by atoms with Gasteiger partial charge in [-0.05, 0) is 67.1 Å². The summed E-state index contributed by atoms with van der Waals surface area (Å²) in [7, 11) is 0. The van der Waals surface area contributed by atoms with Gasteiger partial charge in [-0.3, -0.25) is 4.79 Å². The van der Waals surface area contributed by atoms with Gasteiger partial charge in [0.05, 0.1) is 23.4 Å². The van der Waals surface area contributed by atoms with Gasteiger partial charge < -0.3 is 10.1 Å². The third-order valence-corrected chi connectivity index (χ3v) is 5.55. The van der Waals surface area contributed by atoms with Crippen LogP contribution in [0.15, 0.2) is 72.9 Å². The van der Waals surface area contributed by atoms with Crippen LogP contribution < -0.4 is 10.1 Å². The molecule has 0 fully saturated rings. The van der Waals surface area contributed by atoms with Crippen LogP contribution >= 0.6 is 0 Å². The Morgan fingerprint density at radius 2 is 1.74 bits per heavy atom. The van der Waals surface area contributed by atoms with E-state index in [-0.39, 0.29) is 17.5 Å². The summed E-state index contributed by atoms with van der Waals surface area (Å²) in [6.45, 7) is 7.34. The van der Waals surface area contributed by atoms with E-state index in [1.807, 2.05) is 39.8 Å². The van der Waals surface area contributed by atoms with E-state index in [4.69, 9.17) is 4.74 Å². The molecule has 0 saturated carbocycles. The number of hydrogen-bond donors (Lipinski definition) is 1. The van der Waals surface area contributed by atoms with Crippen molar-refractivity contribution >= 4 is 16.8 Å². The highest BCUT2D eigenvalue weighted by Gasteiger charge is 2.28. The molecule has 3 aromatic carbocycles. The number of amides is 1. The van der Waals surface area contributed by atoms with Gasteiger partial charge in [0.15, 0.2) is 0 Å². The first kappa shape index (κ1) is 23.4. The molecular formula is C27H27F2N3O2. The summed E-state index contributed by atoms with van der Waals surface area (Å²) in [5.74, 6) is -0.262. The van der Waals surface area contributed by atoms with Crippen molar-refractivity contribution < 1.29 is 18.3 Å². The number of fused-ring (bicyclic) bond motifs is 1. The third kappa shape index (κ3) is 5.09. The van der Waals surface area contributed by atoms with Crippen LogP contribution in [0.2, 0.25) is 0 Å². The summed E-state index contributed by atoms with van der Waals surface area (Å²) >= 11 is 0. The standard InChI is InChI=1S/C27H27F2N3O2/c1-17(31-26(33)27(2,3)4)25(18-6-5-7-21(29)14-18)34-23-12-13-24-19(15-23)16-30-32(24)22-10-8-20(28)9-11-22/h5-17,25H,1-4H3,(H,31,33). The highest BCUT2D eigenvalue weighted by molar-refractivity contribution is 5.82. The van der Waals surface area contributed by atoms with Crippen molar-refractivity contribution in [3.8, 4) is 11.4 Å². The first-order valence-corrected chi connectivity index (χ1v) is 11.1. The summed E-state index contributed by atoms with van der Waals surface area (Å²) in [5.41, 5.74) is 1.61. The number of benzene rings is 3. The number of aromatic nitrogens is 2. The van der Waals surface area contributed by atoms with Crippen molar-refractivity contribution in [2.24, 2.45) is 5.41 Å². The van der Waals surface area contributed by atoms with E-state index in [0.29, 0.717) is 11.3 Å². The molecule has 0 spiro atoms. The van der Waals surface area contributed by atoms with Crippen molar-refractivity contribution in [1.82, 2.24) is 15.1 Å². The van der Waals surface area contributed by atoms with Gasteiger partial charge in [-0.2, -0.15) is 5.10 Å². The summed E-state index contributed by atoms with van der Waals surface area (Å²) < 4.78 is 35.3. The van der Waals surface area contributed by atoms with Crippen LogP contribution in [0, 0.1) is 17.0 Å². The molecule has 1 heterocycles. The maximum Gasteiger partial charge on any atom is 0.225 e. The maximum absolute atomic E-state index is 14.0. The summed E-state index contributed by atoms with van der Waals surface area (Å²) in [5, 5.41) is 8.24. The fraction of sp³-hybridized carbons (Fsp3) is 0.259. The molecular weight excluding hydrogens is 436 g/mol. The molecule has 1 aromatic heterocycles. The Hall–Kier alpha value is -3.74. The number of halogens is 2. The van der Waals surface area contributed by atoms with E-state index in [9.17, 15) is 13.6 Å². The molecule has 34 heavy (non-hydrogen) atoms. The number of ether oxygens (including phenoxy) is 1. The second-order valence-corrected chi connectivity index (χ2v) is 9.36. The van der Waals surface area contributed by atoms with Crippen LogP contribution in [0.3, 0.4) is 0 Å². The first-order chi connectivity index (χ1) is 16.1. The fourth-order valence-corrected chi connectivity index (χ4v) is 3.66. The molecule has 0 saturated heterocycles. The van der Waals surface area contributed by atoms with Crippen LogP contribution in [0.4, 0.5) is 8.78 Å². The molecule has 0 bridgehead atoms. The van der Waals surface area contributed by atoms with E-state index < -0.39 is 17.6 Å². The van der Waals surface area contributed by atoms with Crippen LogP contribution in [-0.2, 0) is 4.79 Å². The number of carbonyl (C=O) groups excluding carboxylic acids is 1. The van der Waals surface area contributed by atoms with Crippen molar-refractivity contribution in [3.63, 3.8) is 0 Å². The number of nitrogens with zero attached hydrogens (tertiary/aromatic N) is 2. The van der Waals surface area contributed by atoms with Gasteiger partial charge in [0.1, 0.15) is 23.5 Å². The molecule has 2 atom stereocenters. The Morgan fingerprint density at radius 3 is 2.41 bits per heavy atom. The zero-order valence-corrected chi connectivity index (χ0v) is 19.5. The van der Waals surface area contributed by atoms with Gasteiger partial charge in [-0.1, -0.05) is 32.9 Å². The first-order valence-electron chi connectivity index (χ1n) is 11.1. The smallest absolute Gasteiger partial charge is 0.225 e. The second-order valence-electron chi connectivity index (χ2n) is 9.36. The van der Waals surface area contributed by atoms with Crippen LogP contribution in [0.5, 0.6) is 5.75 Å². The number of nitrogens with one attached hydrogen (secondary N) is 1. The second kappa shape index (κ2) is 9.25. The maximum atomic E-state index is 14.0. The average molecular weight is 464 g/mol. The Morgan fingerprint density at radius 1 is 1.00 bits per heavy atom. The predicted molar refractivity (Wildman–Crippen MR) is 128 cm³/mol. The third-order valence-electron chi connectivity index (χ3n) is 5.55. The monoisotopic (exact) mass is 463 g/mol. The summed E-state index contributed by atoms with van der Waals surface area (Å²) in [6, 6.07) is 17.3. The van der Waals surface area contributed by atoms with Crippen molar-refractivity contribution in [2.45, 2.75) is 39.8 Å². The van der Waals surface area contributed by atoms with Gasteiger partial charge in [-0.25, -0.2) is 13.5 Å². The molecule has 0 aliphatic rings. The number of rotatable bonds is 6. The van der Waals surface area contributed by atoms with Crippen LogP contribution in [0.25, 0.3) is 16.6 Å². The summed E-state index contributed by atoms with van der Waals surface area (Å²) in [6.07, 6.45) is 1.08. The predicted octanol–water partition coefficient (Wildman–Crippen LogP) is 5.97. The van der Waals surface area contributed by atoms with Crippen molar-refractivity contribution in [1.29, 1.82) is 0 Å². The zero-order valence-electron chi connectivity index (χ0n) is 19.5. The van der Waals surface area contributed by atoms with Gasteiger partial charge in [0.2, 0.25) is 5.91 Å². The highest BCUT2D eigenvalue weighted by atomic mass is 19.1. The van der Waals surface area contributed by atoms with Gasteiger partial charge in [0, 0.05) is 10.8 Å². The van der Waals surface area contributed by atoms with Gasteiger partial charge >= 0.3 is 0 Å². The molecule has 0 aliphatic carbocycles. The topological polar surface area (TPSA) is 56.1 Å². The minimum atomic E-state index is -0.619. The normalized spacial score (nSPS) is 13.5. The minimum Gasteiger partial charge on any atom is -0.484 e. The van der Waals surface area contributed by atoms with Crippen LogP contribution in [-0.4, -0.2) is 21.7 Å². The lowest BCUT2D eigenvalue weighted by atomic mass is 9.94. The van der Waals surface area contributed by atoms with E-state index in [1.54, 1.807) is 41.2 Å². The van der Waals surface area contributed by atoms with Crippen molar-refractivity contribution in [3.05, 3.63) is 90.1 Å². The van der Waals surface area contributed by atoms with E-state index >= 15 is 0 Å². The Bertz CT molecular complexity index is 1310. The molecule has 7 heteroatoms. The van der Waals surface area contributed by atoms with Crippen molar-refractivity contribution in [2.75, 3.05) is 0 Å². The molecule has 4 aromatic rings. The van der Waals surface area contributed by atoms with Crippen LogP contribution in [0.1, 0.15) is 39.4 Å². The Balaban J connectivity index is 1.64. The number of carbonyl (C=O) groups is 1. The Kier molecular flexibility index (Phi) is 6.37.